The summed E-state index contributed by atoms with van der Waals surface area (Å²) in [4.78, 5) is 32.1. The Balaban J connectivity index is 1.98. The highest BCUT2D eigenvalue weighted by Crippen LogP contribution is 2.36. The molecule has 0 radical (unpaired) electrons. The molecule has 0 unspecified atom stereocenters. The quantitative estimate of drug-likeness (QED) is 0.313. The molecule has 194 valence electrons. The maximum Gasteiger partial charge on any atom is 0.338 e. The number of nitrogens with zero attached hydrogens (tertiary/aromatic N) is 2. The number of thiazole rings is 1. The number of hydrogen-bond donors (Lipinski definition) is 1. The summed E-state index contributed by atoms with van der Waals surface area (Å²) in [6.07, 6.45) is 1.62. The zero-order valence-electron chi connectivity index (χ0n) is 21.1. The molecule has 1 atom stereocenters. The predicted molar refractivity (Wildman–Crippen MR) is 150 cm³/mol. The second-order valence-corrected chi connectivity index (χ2v) is 10.7. The first kappa shape index (κ1) is 26.9. The summed E-state index contributed by atoms with van der Waals surface area (Å²) in [6, 6.07) is 10.0. The lowest BCUT2D eigenvalue weighted by atomic mass is 9.95. The van der Waals surface area contributed by atoms with E-state index in [9.17, 15) is 14.7 Å². The second kappa shape index (κ2) is 11.1. The van der Waals surface area contributed by atoms with E-state index in [-0.39, 0.29) is 24.0 Å². The number of carbonyl (C=O) groups excluding carboxylic acids is 1. The lowest BCUT2D eigenvalue weighted by Gasteiger charge is -2.26. The van der Waals surface area contributed by atoms with E-state index in [2.05, 4.69) is 4.99 Å². The highest BCUT2D eigenvalue weighted by atomic mass is 127. The largest absolute Gasteiger partial charge is 0.504 e. The van der Waals surface area contributed by atoms with Gasteiger partial charge in [0.25, 0.3) is 5.56 Å². The van der Waals surface area contributed by atoms with Crippen molar-refractivity contribution >= 4 is 46.0 Å². The number of halogens is 1. The zero-order valence-corrected chi connectivity index (χ0v) is 24.0. The monoisotopic (exact) mass is 634 g/mol. The predicted octanol–water partition coefficient (Wildman–Crippen LogP) is 3.90. The minimum absolute atomic E-state index is 0.0400. The molecule has 10 heteroatoms. The fraction of sp³-hybridized carbons (Fsp3) is 0.296. The van der Waals surface area contributed by atoms with Crippen molar-refractivity contribution < 1.29 is 24.1 Å². The van der Waals surface area contributed by atoms with Crippen molar-refractivity contribution in [1.82, 2.24) is 4.57 Å². The Morgan fingerprint density at radius 2 is 2.00 bits per heavy atom. The number of ether oxygens (including phenoxy) is 3. The van der Waals surface area contributed by atoms with E-state index in [1.165, 1.54) is 23.0 Å². The van der Waals surface area contributed by atoms with E-state index in [1.54, 1.807) is 32.1 Å². The van der Waals surface area contributed by atoms with Gasteiger partial charge in [0, 0.05) is 5.56 Å². The molecular formula is C27H27IN2O6S. The van der Waals surface area contributed by atoms with Gasteiger partial charge >= 0.3 is 5.97 Å². The number of rotatable bonds is 7. The average Bonchev–Trinajstić information content (AvgIpc) is 3.14. The number of hydrogen-bond acceptors (Lipinski definition) is 8. The molecule has 0 saturated carbocycles. The van der Waals surface area contributed by atoms with Crippen LogP contribution in [0.4, 0.5) is 0 Å². The highest BCUT2D eigenvalue weighted by molar-refractivity contribution is 14.1. The normalized spacial score (nSPS) is 15.4. The van der Waals surface area contributed by atoms with E-state index in [0.29, 0.717) is 46.8 Å². The van der Waals surface area contributed by atoms with Crippen LogP contribution in [0.2, 0.25) is 0 Å². The van der Waals surface area contributed by atoms with Crippen LogP contribution in [0, 0.1) is 3.57 Å². The maximum atomic E-state index is 13.9. The van der Waals surface area contributed by atoms with Crippen molar-refractivity contribution in [1.29, 1.82) is 0 Å². The zero-order chi connectivity index (χ0) is 26.9. The van der Waals surface area contributed by atoms with Crippen LogP contribution in [0.15, 0.2) is 57.5 Å². The molecule has 3 aromatic rings. The fourth-order valence-corrected chi connectivity index (χ4v) is 5.81. The SMILES string of the molecule is CCOC(=O)C1=C(C)N=c2s/c(=C/c3cc(I)c(O)c(OC)c3)c(=O)n2[C@H]1c1ccccc1OC(C)C. The van der Waals surface area contributed by atoms with Crippen molar-refractivity contribution in [2.45, 2.75) is 39.8 Å². The van der Waals surface area contributed by atoms with Crippen LogP contribution in [0.3, 0.4) is 0 Å². The third-order valence-electron chi connectivity index (χ3n) is 5.66. The van der Waals surface area contributed by atoms with E-state index in [0.717, 1.165) is 0 Å². The molecule has 2 heterocycles. The number of phenols is 1. The molecule has 1 aromatic heterocycles. The second-order valence-electron chi connectivity index (χ2n) is 8.56. The third kappa shape index (κ3) is 5.30. The molecule has 4 rings (SSSR count). The van der Waals surface area contributed by atoms with Gasteiger partial charge in [-0.05, 0) is 80.1 Å². The van der Waals surface area contributed by atoms with Crippen molar-refractivity contribution in [3.05, 3.63) is 82.1 Å². The van der Waals surface area contributed by atoms with Gasteiger partial charge in [-0.15, -0.1) is 0 Å². The summed E-state index contributed by atoms with van der Waals surface area (Å²) in [5, 5.41) is 10.2. The minimum Gasteiger partial charge on any atom is -0.504 e. The van der Waals surface area contributed by atoms with E-state index >= 15 is 0 Å². The molecule has 0 amide bonds. The fourth-order valence-electron chi connectivity index (χ4n) is 4.14. The summed E-state index contributed by atoms with van der Waals surface area (Å²) >= 11 is 3.24. The van der Waals surface area contributed by atoms with E-state index in [1.807, 2.05) is 60.7 Å². The van der Waals surface area contributed by atoms with Gasteiger partial charge in [-0.25, -0.2) is 9.79 Å². The summed E-state index contributed by atoms with van der Waals surface area (Å²) < 4.78 is 19.3. The molecule has 8 nitrogen and oxygen atoms in total. The summed E-state index contributed by atoms with van der Waals surface area (Å²) in [5.74, 6) is 0.397. The number of aromatic nitrogens is 1. The Hall–Kier alpha value is -3.12. The molecule has 0 saturated heterocycles. The Bertz CT molecular complexity index is 1570. The van der Waals surface area contributed by atoms with Crippen molar-refractivity contribution in [2.24, 2.45) is 4.99 Å². The van der Waals surface area contributed by atoms with Crippen LogP contribution in [0.1, 0.15) is 44.9 Å². The first-order valence-corrected chi connectivity index (χ1v) is 13.6. The Labute approximate surface area is 231 Å². The molecule has 1 aliphatic rings. The molecule has 0 bridgehead atoms. The van der Waals surface area contributed by atoms with Crippen molar-refractivity contribution in [2.75, 3.05) is 13.7 Å². The molecule has 0 aliphatic carbocycles. The maximum absolute atomic E-state index is 13.9. The van der Waals surface area contributed by atoms with Crippen molar-refractivity contribution in [3.63, 3.8) is 0 Å². The lowest BCUT2D eigenvalue weighted by molar-refractivity contribution is -0.139. The van der Waals surface area contributed by atoms with E-state index < -0.39 is 12.0 Å². The van der Waals surface area contributed by atoms with Gasteiger partial charge in [-0.1, -0.05) is 29.5 Å². The Kier molecular flexibility index (Phi) is 8.08. The van der Waals surface area contributed by atoms with Gasteiger partial charge in [0.15, 0.2) is 16.3 Å². The highest BCUT2D eigenvalue weighted by Gasteiger charge is 2.35. The molecule has 2 aromatic carbocycles. The number of phenolic OH excluding ortho intramolecular Hbond substituents is 1. The van der Waals surface area contributed by atoms with E-state index in [4.69, 9.17) is 14.2 Å². The molecule has 37 heavy (non-hydrogen) atoms. The van der Waals surface area contributed by atoms with Gasteiger partial charge in [-0.3, -0.25) is 9.36 Å². The summed E-state index contributed by atoms with van der Waals surface area (Å²) in [6.45, 7) is 7.51. The van der Waals surface area contributed by atoms with Crippen LogP contribution >= 0.6 is 33.9 Å². The summed E-state index contributed by atoms with van der Waals surface area (Å²) in [5.41, 5.74) is 1.83. The Morgan fingerprint density at radius 3 is 2.68 bits per heavy atom. The van der Waals surface area contributed by atoms with Crippen LogP contribution in [-0.2, 0) is 9.53 Å². The molecular weight excluding hydrogens is 607 g/mol. The van der Waals surface area contributed by atoms with Gasteiger partial charge in [0.1, 0.15) is 11.8 Å². The standard InChI is InChI=1S/C27H27IN2O6S/c1-6-35-26(33)22-15(4)29-27-30(23(22)17-9-7-8-10-19(17)36-14(2)3)25(32)21(37-27)13-16-11-18(28)24(31)20(12-16)34-5/h7-14,23,31H,6H2,1-5H3/b21-13+/t23-/m0/s1. The minimum atomic E-state index is -0.776. The van der Waals surface area contributed by atoms with Crippen molar-refractivity contribution in [3.8, 4) is 17.2 Å². The molecule has 1 N–H and O–H groups in total. The molecule has 1 aliphatic heterocycles. The first-order chi connectivity index (χ1) is 17.7. The first-order valence-electron chi connectivity index (χ1n) is 11.7. The van der Waals surface area contributed by atoms with Crippen LogP contribution in [-0.4, -0.2) is 35.5 Å². The van der Waals surface area contributed by atoms with Gasteiger partial charge in [0.2, 0.25) is 0 Å². The van der Waals surface area contributed by atoms with Crippen LogP contribution < -0.4 is 24.4 Å². The number of carbonyl (C=O) groups is 1. The Morgan fingerprint density at radius 1 is 1.27 bits per heavy atom. The number of methoxy groups -OCH3 is 1. The number of benzene rings is 2. The summed E-state index contributed by atoms with van der Waals surface area (Å²) in [7, 11) is 1.47. The molecule has 0 fully saturated rings. The number of aromatic hydroxyl groups is 1. The topological polar surface area (TPSA) is 99.4 Å². The smallest absolute Gasteiger partial charge is 0.338 e. The lowest BCUT2D eigenvalue weighted by Crippen LogP contribution is -2.40. The number of fused-ring (bicyclic) bond motifs is 1. The molecule has 0 spiro atoms. The van der Waals surface area contributed by atoms with Gasteiger partial charge in [-0.2, -0.15) is 0 Å². The number of esters is 1. The number of para-hydroxylation sites is 1. The third-order valence-corrected chi connectivity index (χ3v) is 7.47. The van der Waals surface area contributed by atoms with Crippen LogP contribution in [0.5, 0.6) is 17.2 Å². The van der Waals surface area contributed by atoms with Gasteiger partial charge < -0.3 is 19.3 Å². The van der Waals surface area contributed by atoms with Crippen LogP contribution in [0.25, 0.3) is 6.08 Å². The van der Waals surface area contributed by atoms with Gasteiger partial charge in [0.05, 0.1) is 39.2 Å². The number of allylic oxidation sites excluding steroid dienone is 1. The average molecular weight is 634 g/mol.